The summed E-state index contributed by atoms with van der Waals surface area (Å²) in [7, 11) is 0. The van der Waals surface area contributed by atoms with Crippen LogP contribution in [0.1, 0.15) is 27.7 Å². The Labute approximate surface area is 192 Å². The first kappa shape index (κ1) is 27.0. The molecule has 0 spiro atoms. The average Bonchev–Trinajstić information content (AvgIpc) is 2.85. The van der Waals surface area contributed by atoms with E-state index in [0.29, 0.717) is 11.4 Å². The smallest absolute Gasteiger partial charge is 0.349 e. The molecule has 1 aromatic rings. The summed E-state index contributed by atoms with van der Waals surface area (Å²) in [5.74, 6) is -10.3. The van der Waals surface area contributed by atoms with E-state index in [1.165, 1.54) is 22.0 Å². The fourth-order valence-electron chi connectivity index (χ4n) is 3.35. The number of hydrogen-bond acceptors (Lipinski definition) is 4. The van der Waals surface area contributed by atoms with E-state index >= 15 is 0 Å². The minimum atomic E-state index is -5.87. The molecule has 8 nitrogen and oxygen atoms in total. The molecule has 0 fully saturated rings. The number of carbonyl (C=O) groups excluding carboxylic acids is 4. The number of rotatable bonds is 6. The van der Waals surface area contributed by atoms with Crippen LogP contribution in [0.15, 0.2) is 24.3 Å². The lowest BCUT2D eigenvalue weighted by molar-refractivity contribution is -0.278. The molecule has 0 aromatic heterocycles. The highest BCUT2D eigenvalue weighted by molar-refractivity contribution is 6.09. The third-order valence-corrected chi connectivity index (χ3v) is 5.23. The number of benzene rings is 1. The summed E-state index contributed by atoms with van der Waals surface area (Å²) >= 11 is 0. The first-order valence-electron chi connectivity index (χ1n) is 10.3. The third kappa shape index (κ3) is 5.62. The summed E-state index contributed by atoms with van der Waals surface area (Å²) in [5.41, 5.74) is 0.851. The Morgan fingerprint density at radius 2 is 1.59 bits per heavy atom. The van der Waals surface area contributed by atoms with Crippen molar-refractivity contribution in [1.82, 2.24) is 10.6 Å². The van der Waals surface area contributed by atoms with Gasteiger partial charge in [-0.1, -0.05) is 12.1 Å². The number of anilines is 2. The van der Waals surface area contributed by atoms with Gasteiger partial charge in [-0.05, 0) is 32.9 Å². The summed E-state index contributed by atoms with van der Waals surface area (Å²) in [6, 6.07) is 4.90. The standard InChI is InChI=1S/C21H25F5N4O4/c1-11(2)30-16-8-6-5-7-15(16)29(13(4)31)9-14(19(30)34)28-18(33)12(3)17(32)27-10-20(22,23)21(24,25)26/h5-8,11-12,14H,9-10H2,1-4H3,(H,27,32)(H,28,33)/t12?,14-/m0/s1. The van der Waals surface area contributed by atoms with Gasteiger partial charge in [0.1, 0.15) is 12.0 Å². The van der Waals surface area contributed by atoms with Crippen LogP contribution in [0.5, 0.6) is 0 Å². The Hall–Kier alpha value is -3.25. The topological polar surface area (TPSA) is 98.8 Å². The van der Waals surface area contributed by atoms with Crippen molar-refractivity contribution in [2.24, 2.45) is 5.92 Å². The number of hydrogen-bond donors (Lipinski definition) is 2. The van der Waals surface area contributed by atoms with Gasteiger partial charge >= 0.3 is 12.1 Å². The van der Waals surface area contributed by atoms with Crippen molar-refractivity contribution < 1.29 is 41.1 Å². The maximum atomic E-state index is 13.3. The molecule has 1 unspecified atom stereocenters. The minimum Gasteiger partial charge on any atom is -0.349 e. The lowest BCUT2D eigenvalue weighted by Gasteiger charge is -2.29. The summed E-state index contributed by atoms with van der Waals surface area (Å²) in [6.45, 7) is 3.38. The SMILES string of the molecule is CC(=O)N1C[C@H](NC(=O)C(C)C(=O)NCC(F)(F)C(F)(F)F)C(=O)N(C(C)C)c2ccccc21. The molecule has 0 bridgehead atoms. The van der Waals surface area contributed by atoms with E-state index < -0.39 is 54.2 Å². The Balaban J connectivity index is 2.23. The summed E-state index contributed by atoms with van der Waals surface area (Å²) < 4.78 is 63.0. The number of nitrogens with zero attached hydrogens (tertiary/aromatic N) is 2. The van der Waals surface area contributed by atoms with Gasteiger partial charge in [-0.3, -0.25) is 19.2 Å². The fourth-order valence-corrected chi connectivity index (χ4v) is 3.35. The molecular formula is C21H25F5N4O4. The van der Waals surface area contributed by atoms with Crippen molar-refractivity contribution in [2.75, 3.05) is 22.9 Å². The van der Waals surface area contributed by atoms with Gasteiger partial charge in [0.2, 0.25) is 17.7 Å². The van der Waals surface area contributed by atoms with Crippen LogP contribution in [0, 0.1) is 5.92 Å². The Morgan fingerprint density at radius 1 is 1.03 bits per heavy atom. The number of nitrogens with one attached hydrogen (secondary N) is 2. The number of fused-ring (bicyclic) bond motifs is 1. The molecule has 13 heteroatoms. The first-order chi connectivity index (χ1) is 15.6. The number of alkyl halides is 5. The molecule has 4 amide bonds. The molecule has 0 saturated heterocycles. The monoisotopic (exact) mass is 492 g/mol. The highest BCUT2D eigenvalue weighted by Crippen LogP contribution is 2.35. The van der Waals surface area contributed by atoms with Gasteiger partial charge in [0.05, 0.1) is 24.5 Å². The van der Waals surface area contributed by atoms with Gasteiger partial charge in [0.15, 0.2) is 0 Å². The number of amides is 4. The molecule has 0 radical (unpaired) electrons. The van der Waals surface area contributed by atoms with E-state index in [1.54, 1.807) is 38.1 Å². The number of para-hydroxylation sites is 2. The van der Waals surface area contributed by atoms with Crippen LogP contribution >= 0.6 is 0 Å². The maximum Gasteiger partial charge on any atom is 0.455 e. The average molecular weight is 492 g/mol. The van der Waals surface area contributed by atoms with Gasteiger partial charge in [-0.15, -0.1) is 0 Å². The summed E-state index contributed by atoms with van der Waals surface area (Å²) in [4.78, 5) is 52.8. The quantitative estimate of drug-likeness (QED) is 0.470. The van der Waals surface area contributed by atoms with Crippen molar-refractivity contribution in [3.05, 3.63) is 24.3 Å². The molecular weight excluding hydrogens is 467 g/mol. The van der Waals surface area contributed by atoms with Crippen LogP contribution < -0.4 is 20.4 Å². The van der Waals surface area contributed by atoms with Crippen molar-refractivity contribution in [1.29, 1.82) is 0 Å². The van der Waals surface area contributed by atoms with Gasteiger partial charge in [0, 0.05) is 13.0 Å². The van der Waals surface area contributed by atoms with Gasteiger partial charge in [-0.2, -0.15) is 22.0 Å². The van der Waals surface area contributed by atoms with Gasteiger partial charge < -0.3 is 20.4 Å². The largest absolute Gasteiger partial charge is 0.455 e. The highest BCUT2D eigenvalue weighted by atomic mass is 19.4. The Kier molecular flexibility index (Phi) is 7.89. The molecule has 1 aliphatic heterocycles. The van der Waals surface area contributed by atoms with E-state index in [4.69, 9.17) is 0 Å². The lowest BCUT2D eigenvalue weighted by atomic mass is 10.1. The molecule has 2 atom stereocenters. The van der Waals surface area contributed by atoms with Crippen molar-refractivity contribution in [3.8, 4) is 0 Å². The Bertz CT molecular complexity index is 967. The van der Waals surface area contributed by atoms with E-state index in [1.807, 2.05) is 0 Å². The molecule has 2 rings (SSSR count). The molecule has 34 heavy (non-hydrogen) atoms. The molecule has 0 saturated carbocycles. The van der Waals surface area contributed by atoms with Crippen LogP contribution in [0.25, 0.3) is 0 Å². The van der Waals surface area contributed by atoms with Crippen LogP contribution in [-0.2, 0) is 19.2 Å². The zero-order valence-corrected chi connectivity index (χ0v) is 18.9. The second-order valence-corrected chi connectivity index (χ2v) is 8.12. The predicted octanol–water partition coefficient (Wildman–Crippen LogP) is 2.23. The molecule has 1 aromatic carbocycles. The molecule has 2 N–H and O–H groups in total. The van der Waals surface area contributed by atoms with Crippen LogP contribution in [0.2, 0.25) is 0 Å². The molecule has 1 heterocycles. The van der Waals surface area contributed by atoms with Crippen molar-refractivity contribution >= 4 is 35.0 Å². The maximum absolute atomic E-state index is 13.3. The lowest BCUT2D eigenvalue weighted by Crippen LogP contribution is -2.56. The number of halogens is 5. The van der Waals surface area contributed by atoms with Crippen molar-refractivity contribution in [3.63, 3.8) is 0 Å². The van der Waals surface area contributed by atoms with Crippen LogP contribution in [0.4, 0.5) is 33.3 Å². The third-order valence-electron chi connectivity index (χ3n) is 5.23. The molecule has 0 aliphatic carbocycles. The second kappa shape index (κ2) is 9.94. The predicted molar refractivity (Wildman–Crippen MR) is 112 cm³/mol. The Morgan fingerprint density at radius 3 is 2.09 bits per heavy atom. The summed E-state index contributed by atoms with van der Waals surface area (Å²) in [6.07, 6.45) is -5.87. The normalized spacial score (nSPS) is 17.7. The highest BCUT2D eigenvalue weighted by Gasteiger charge is 2.57. The zero-order valence-electron chi connectivity index (χ0n) is 18.9. The first-order valence-corrected chi connectivity index (χ1v) is 10.3. The van der Waals surface area contributed by atoms with E-state index in [0.717, 1.165) is 6.92 Å². The fraction of sp³-hybridized carbons (Fsp3) is 0.524. The summed E-state index contributed by atoms with van der Waals surface area (Å²) in [5, 5.41) is 3.74. The van der Waals surface area contributed by atoms with Crippen LogP contribution in [0.3, 0.4) is 0 Å². The van der Waals surface area contributed by atoms with Gasteiger partial charge in [0.25, 0.3) is 5.91 Å². The number of carbonyl (C=O) groups is 4. The van der Waals surface area contributed by atoms with E-state index in [2.05, 4.69) is 5.32 Å². The molecule has 1 aliphatic rings. The second-order valence-electron chi connectivity index (χ2n) is 8.12. The van der Waals surface area contributed by atoms with Crippen LogP contribution in [-0.4, -0.2) is 60.9 Å². The van der Waals surface area contributed by atoms with E-state index in [9.17, 15) is 41.1 Å². The van der Waals surface area contributed by atoms with Gasteiger partial charge in [-0.25, -0.2) is 0 Å². The minimum absolute atomic E-state index is 0.277. The zero-order chi connectivity index (χ0) is 26.0. The molecule has 188 valence electrons. The van der Waals surface area contributed by atoms with E-state index in [-0.39, 0.29) is 12.6 Å². The van der Waals surface area contributed by atoms with Crippen molar-refractivity contribution in [2.45, 2.75) is 51.9 Å².